The summed E-state index contributed by atoms with van der Waals surface area (Å²) in [4.78, 5) is 11.7. The van der Waals surface area contributed by atoms with Gasteiger partial charge in [-0.3, -0.25) is 4.79 Å². The van der Waals surface area contributed by atoms with Crippen LogP contribution in [0.1, 0.15) is 15.9 Å². The Bertz CT molecular complexity index is 568. The van der Waals surface area contributed by atoms with Gasteiger partial charge in [0.25, 0.3) is 0 Å². The van der Waals surface area contributed by atoms with Gasteiger partial charge < -0.3 is 4.74 Å². The van der Waals surface area contributed by atoms with E-state index in [1.807, 2.05) is 30.3 Å². The minimum Gasteiger partial charge on any atom is -0.369 e. The summed E-state index contributed by atoms with van der Waals surface area (Å²) in [6.07, 6.45) is 0. The number of rotatable bonds is 5. The highest BCUT2D eigenvalue weighted by molar-refractivity contribution is 5.97. The van der Waals surface area contributed by atoms with Crippen molar-refractivity contribution in [2.24, 2.45) is 0 Å². The average molecular weight is 262 g/mol. The molecule has 19 heavy (non-hydrogen) atoms. The second kappa shape index (κ2) is 6.20. The van der Waals surface area contributed by atoms with Gasteiger partial charge in [0, 0.05) is 0 Å². The summed E-state index contributed by atoms with van der Waals surface area (Å²) in [6, 6.07) is 12.8. The van der Waals surface area contributed by atoms with Gasteiger partial charge in [0.05, 0.1) is 12.2 Å². The van der Waals surface area contributed by atoms with E-state index in [9.17, 15) is 13.6 Å². The molecule has 0 fully saturated rings. The molecule has 2 nitrogen and oxygen atoms in total. The number of halogens is 2. The average Bonchev–Trinajstić information content (AvgIpc) is 2.43. The first kappa shape index (κ1) is 13.4. The van der Waals surface area contributed by atoms with E-state index in [0.717, 1.165) is 11.6 Å². The second-order valence-corrected chi connectivity index (χ2v) is 4.00. The molecule has 0 saturated carbocycles. The molecular weight excluding hydrogens is 250 g/mol. The van der Waals surface area contributed by atoms with Crippen LogP contribution in [-0.2, 0) is 11.3 Å². The van der Waals surface area contributed by atoms with Gasteiger partial charge in [-0.15, -0.1) is 0 Å². The number of benzene rings is 2. The number of carbonyl (C=O) groups excluding carboxylic acids is 1. The molecule has 0 amide bonds. The van der Waals surface area contributed by atoms with Crippen molar-refractivity contribution in [1.29, 1.82) is 0 Å². The lowest BCUT2D eigenvalue weighted by atomic mass is 10.1. The van der Waals surface area contributed by atoms with Crippen molar-refractivity contribution in [2.45, 2.75) is 6.61 Å². The summed E-state index contributed by atoms with van der Waals surface area (Å²) in [6.45, 7) is -0.0290. The Morgan fingerprint density at radius 3 is 2.47 bits per heavy atom. The molecule has 0 aliphatic carbocycles. The molecule has 0 aromatic heterocycles. The Balaban J connectivity index is 1.93. The van der Waals surface area contributed by atoms with Gasteiger partial charge in [-0.05, 0) is 17.7 Å². The molecule has 0 N–H and O–H groups in total. The van der Waals surface area contributed by atoms with Crippen LogP contribution in [0.3, 0.4) is 0 Å². The smallest absolute Gasteiger partial charge is 0.191 e. The molecule has 2 aromatic carbocycles. The van der Waals surface area contributed by atoms with E-state index in [0.29, 0.717) is 0 Å². The SMILES string of the molecule is O=C(COCc1ccccc1)c1cccc(F)c1F. The maximum absolute atomic E-state index is 13.4. The number of hydrogen-bond acceptors (Lipinski definition) is 2. The van der Waals surface area contributed by atoms with Crippen molar-refractivity contribution in [3.8, 4) is 0 Å². The monoisotopic (exact) mass is 262 g/mol. The van der Waals surface area contributed by atoms with Gasteiger partial charge in [-0.2, -0.15) is 0 Å². The summed E-state index contributed by atoms with van der Waals surface area (Å²) >= 11 is 0. The second-order valence-electron chi connectivity index (χ2n) is 4.00. The third-order valence-electron chi connectivity index (χ3n) is 2.60. The molecule has 0 aliphatic heterocycles. The minimum absolute atomic E-state index is 0.253. The van der Waals surface area contributed by atoms with Gasteiger partial charge in [0.15, 0.2) is 17.4 Å². The van der Waals surface area contributed by atoms with Gasteiger partial charge in [-0.1, -0.05) is 36.4 Å². The molecule has 2 rings (SSSR count). The first-order valence-electron chi connectivity index (χ1n) is 5.77. The van der Waals surface area contributed by atoms with Gasteiger partial charge in [0.2, 0.25) is 0 Å². The predicted octanol–water partition coefficient (Wildman–Crippen LogP) is 3.36. The van der Waals surface area contributed by atoms with Crippen molar-refractivity contribution >= 4 is 5.78 Å². The molecular formula is C15H12F2O2. The van der Waals surface area contributed by atoms with Gasteiger partial charge in [0.1, 0.15) is 6.61 Å². The van der Waals surface area contributed by atoms with Crippen LogP contribution in [0.4, 0.5) is 8.78 Å². The fourth-order valence-electron chi connectivity index (χ4n) is 1.63. The Morgan fingerprint density at radius 2 is 1.74 bits per heavy atom. The van der Waals surface area contributed by atoms with Crippen LogP contribution in [0.2, 0.25) is 0 Å². The summed E-state index contributed by atoms with van der Waals surface area (Å²) < 4.78 is 31.5. The molecule has 0 atom stereocenters. The summed E-state index contributed by atoms with van der Waals surface area (Å²) in [7, 11) is 0. The van der Waals surface area contributed by atoms with Crippen LogP contribution in [0, 0.1) is 11.6 Å². The van der Waals surface area contributed by atoms with Crippen LogP contribution in [0.5, 0.6) is 0 Å². The van der Waals surface area contributed by atoms with E-state index in [1.165, 1.54) is 12.1 Å². The molecule has 0 heterocycles. The Hall–Kier alpha value is -2.07. The molecule has 98 valence electrons. The van der Waals surface area contributed by atoms with E-state index in [2.05, 4.69) is 0 Å². The highest BCUT2D eigenvalue weighted by Crippen LogP contribution is 2.12. The van der Waals surface area contributed by atoms with Crippen molar-refractivity contribution in [3.05, 3.63) is 71.3 Å². The standard InChI is InChI=1S/C15H12F2O2/c16-13-8-4-7-12(15(13)17)14(18)10-19-9-11-5-2-1-3-6-11/h1-8H,9-10H2. The molecule has 0 spiro atoms. The Kier molecular flexibility index (Phi) is 4.36. The lowest BCUT2D eigenvalue weighted by Crippen LogP contribution is -2.11. The highest BCUT2D eigenvalue weighted by Gasteiger charge is 2.14. The summed E-state index contributed by atoms with van der Waals surface area (Å²) in [5.41, 5.74) is 0.628. The van der Waals surface area contributed by atoms with E-state index in [1.54, 1.807) is 0 Å². The zero-order valence-corrected chi connectivity index (χ0v) is 10.1. The van der Waals surface area contributed by atoms with Crippen molar-refractivity contribution < 1.29 is 18.3 Å². The predicted molar refractivity (Wildman–Crippen MR) is 66.8 cm³/mol. The summed E-state index contributed by atoms with van der Waals surface area (Å²) in [5, 5.41) is 0. The number of ether oxygens (including phenoxy) is 1. The third kappa shape index (κ3) is 3.45. The number of carbonyl (C=O) groups is 1. The molecule has 4 heteroatoms. The van der Waals surface area contributed by atoms with Crippen LogP contribution in [0.15, 0.2) is 48.5 Å². The normalized spacial score (nSPS) is 10.4. The zero-order chi connectivity index (χ0) is 13.7. The minimum atomic E-state index is -1.13. The number of ketones is 1. The van der Waals surface area contributed by atoms with E-state index < -0.39 is 17.4 Å². The van der Waals surface area contributed by atoms with Crippen molar-refractivity contribution in [1.82, 2.24) is 0 Å². The van der Waals surface area contributed by atoms with Crippen LogP contribution in [0.25, 0.3) is 0 Å². The first-order chi connectivity index (χ1) is 9.18. The quantitative estimate of drug-likeness (QED) is 0.772. The number of Topliss-reactive ketones (excluding diaryl/α,β-unsaturated/α-hetero) is 1. The molecule has 2 aromatic rings. The molecule has 0 aliphatic rings. The van der Waals surface area contributed by atoms with Crippen molar-refractivity contribution in [2.75, 3.05) is 6.61 Å². The fraction of sp³-hybridized carbons (Fsp3) is 0.133. The number of hydrogen-bond donors (Lipinski definition) is 0. The van der Waals surface area contributed by atoms with Crippen LogP contribution >= 0.6 is 0 Å². The van der Waals surface area contributed by atoms with Crippen molar-refractivity contribution in [3.63, 3.8) is 0 Å². The van der Waals surface area contributed by atoms with E-state index >= 15 is 0 Å². The molecule has 0 saturated heterocycles. The third-order valence-corrected chi connectivity index (χ3v) is 2.60. The largest absolute Gasteiger partial charge is 0.369 e. The molecule has 0 radical (unpaired) electrons. The molecule has 0 unspecified atom stereocenters. The Morgan fingerprint density at radius 1 is 1.00 bits per heavy atom. The lowest BCUT2D eigenvalue weighted by Gasteiger charge is -2.05. The van der Waals surface area contributed by atoms with E-state index in [4.69, 9.17) is 4.74 Å². The maximum Gasteiger partial charge on any atom is 0.191 e. The Labute approximate surface area is 109 Å². The topological polar surface area (TPSA) is 26.3 Å². The first-order valence-corrected chi connectivity index (χ1v) is 5.77. The lowest BCUT2D eigenvalue weighted by molar-refractivity contribution is 0.0722. The van der Waals surface area contributed by atoms with E-state index in [-0.39, 0.29) is 18.8 Å². The zero-order valence-electron chi connectivity index (χ0n) is 10.1. The van der Waals surface area contributed by atoms with Crippen LogP contribution < -0.4 is 0 Å². The highest BCUT2D eigenvalue weighted by atomic mass is 19.2. The van der Waals surface area contributed by atoms with Gasteiger partial charge in [-0.25, -0.2) is 8.78 Å². The summed E-state index contributed by atoms with van der Waals surface area (Å²) in [5.74, 6) is -2.74. The maximum atomic E-state index is 13.4. The van der Waals surface area contributed by atoms with Gasteiger partial charge >= 0.3 is 0 Å². The molecule has 0 bridgehead atoms. The van der Waals surface area contributed by atoms with Crippen LogP contribution in [-0.4, -0.2) is 12.4 Å². The fourth-order valence-corrected chi connectivity index (χ4v) is 1.63.